The molecule has 0 saturated carbocycles. The van der Waals surface area contributed by atoms with E-state index in [0.29, 0.717) is 16.2 Å². The second-order valence-electron chi connectivity index (χ2n) is 5.43. The number of hydrogen-bond acceptors (Lipinski definition) is 6. The van der Waals surface area contributed by atoms with Gasteiger partial charge in [-0.25, -0.2) is 0 Å². The maximum atomic E-state index is 12.6. The highest BCUT2D eigenvalue weighted by Gasteiger charge is 2.34. The lowest BCUT2D eigenvalue weighted by atomic mass is 10.2. The first-order valence-electron chi connectivity index (χ1n) is 7.89. The summed E-state index contributed by atoms with van der Waals surface area (Å²) in [6.45, 7) is 0. The minimum absolute atomic E-state index is 0.253. The fourth-order valence-corrected chi connectivity index (χ4v) is 3.59. The fourth-order valence-electron chi connectivity index (χ4n) is 2.41. The van der Waals surface area contributed by atoms with Gasteiger partial charge in [0.15, 0.2) is 4.32 Å². The highest BCUT2D eigenvalue weighted by atomic mass is 32.2. The van der Waals surface area contributed by atoms with Crippen LogP contribution in [0.3, 0.4) is 0 Å². The van der Waals surface area contributed by atoms with Crippen molar-refractivity contribution in [3.63, 3.8) is 0 Å². The predicted molar refractivity (Wildman–Crippen MR) is 108 cm³/mol. The SMILES string of the molecule is COc1ccc(/C=C2/SC(=S)N(NC(=O)c3ccccc3OC)C2=O)cc1. The van der Waals surface area contributed by atoms with Gasteiger partial charge in [0.25, 0.3) is 11.8 Å². The highest BCUT2D eigenvalue weighted by molar-refractivity contribution is 8.26. The molecule has 1 aliphatic heterocycles. The van der Waals surface area contributed by atoms with Gasteiger partial charge in [0.2, 0.25) is 0 Å². The number of amides is 2. The van der Waals surface area contributed by atoms with Crippen LogP contribution >= 0.6 is 24.0 Å². The number of hydrogen-bond donors (Lipinski definition) is 1. The summed E-state index contributed by atoms with van der Waals surface area (Å²) in [4.78, 5) is 25.6. The first-order chi connectivity index (χ1) is 13.0. The van der Waals surface area contributed by atoms with E-state index in [0.717, 1.165) is 28.1 Å². The van der Waals surface area contributed by atoms with Crippen LogP contribution in [0.15, 0.2) is 53.4 Å². The first kappa shape index (κ1) is 18.9. The van der Waals surface area contributed by atoms with E-state index in [-0.39, 0.29) is 10.2 Å². The van der Waals surface area contributed by atoms with Crippen LogP contribution in [0.1, 0.15) is 15.9 Å². The minimum atomic E-state index is -0.477. The van der Waals surface area contributed by atoms with Crippen molar-refractivity contribution in [2.24, 2.45) is 0 Å². The van der Waals surface area contributed by atoms with Crippen LogP contribution in [0.2, 0.25) is 0 Å². The second-order valence-corrected chi connectivity index (χ2v) is 7.11. The molecule has 1 heterocycles. The molecule has 0 spiro atoms. The van der Waals surface area contributed by atoms with Crippen molar-refractivity contribution in [3.8, 4) is 11.5 Å². The summed E-state index contributed by atoms with van der Waals surface area (Å²) in [5, 5.41) is 1.07. The van der Waals surface area contributed by atoms with E-state index < -0.39 is 5.91 Å². The van der Waals surface area contributed by atoms with E-state index in [1.165, 1.54) is 7.11 Å². The lowest BCUT2D eigenvalue weighted by molar-refractivity contribution is -0.123. The summed E-state index contributed by atoms with van der Waals surface area (Å²) >= 11 is 6.37. The second kappa shape index (κ2) is 8.24. The summed E-state index contributed by atoms with van der Waals surface area (Å²) in [6, 6.07) is 14.0. The molecule has 0 unspecified atom stereocenters. The Labute approximate surface area is 166 Å². The Kier molecular flexibility index (Phi) is 5.78. The van der Waals surface area contributed by atoms with Crippen LogP contribution in [-0.4, -0.2) is 35.4 Å². The molecule has 2 amide bonds. The Morgan fingerprint density at radius 1 is 1.11 bits per heavy atom. The Hall–Kier alpha value is -2.84. The molecule has 138 valence electrons. The van der Waals surface area contributed by atoms with E-state index in [1.54, 1.807) is 49.6 Å². The lowest BCUT2D eigenvalue weighted by Crippen LogP contribution is -2.44. The molecule has 2 aromatic carbocycles. The molecular weight excluding hydrogens is 384 g/mol. The summed E-state index contributed by atoms with van der Waals surface area (Å²) < 4.78 is 10.6. The number of carbonyl (C=O) groups is 2. The van der Waals surface area contributed by atoms with E-state index >= 15 is 0 Å². The maximum Gasteiger partial charge on any atom is 0.285 e. The highest BCUT2D eigenvalue weighted by Crippen LogP contribution is 2.32. The molecule has 0 aliphatic carbocycles. The van der Waals surface area contributed by atoms with Gasteiger partial charge in [-0.1, -0.05) is 36.0 Å². The van der Waals surface area contributed by atoms with Gasteiger partial charge in [0.1, 0.15) is 11.5 Å². The Balaban J connectivity index is 1.77. The number of thiocarbonyl (C=S) groups is 1. The van der Waals surface area contributed by atoms with Crippen LogP contribution in [0.5, 0.6) is 11.5 Å². The molecule has 0 bridgehead atoms. The molecule has 0 radical (unpaired) electrons. The number of rotatable bonds is 5. The van der Waals surface area contributed by atoms with E-state index in [2.05, 4.69) is 5.43 Å². The van der Waals surface area contributed by atoms with Crippen molar-refractivity contribution in [2.75, 3.05) is 14.2 Å². The zero-order valence-electron chi connectivity index (χ0n) is 14.6. The van der Waals surface area contributed by atoms with Crippen LogP contribution < -0.4 is 14.9 Å². The molecule has 27 heavy (non-hydrogen) atoms. The zero-order chi connectivity index (χ0) is 19.4. The molecule has 2 aromatic rings. The van der Waals surface area contributed by atoms with Crippen LogP contribution in [0, 0.1) is 0 Å². The summed E-state index contributed by atoms with van der Waals surface area (Å²) in [5.74, 6) is 0.275. The van der Waals surface area contributed by atoms with E-state index in [9.17, 15) is 9.59 Å². The molecule has 1 N–H and O–H groups in total. The van der Waals surface area contributed by atoms with Crippen molar-refractivity contribution in [3.05, 3.63) is 64.6 Å². The number of thioether (sulfide) groups is 1. The molecule has 0 aromatic heterocycles. The van der Waals surface area contributed by atoms with Crippen LogP contribution in [-0.2, 0) is 4.79 Å². The quantitative estimate of drug-likeness (QED) is 0.614. The minimum Gasteiger partial charge on any atom is -0.497 e. The number of methoxy groups -OCH3 is 2. The number of nitrogens with one attached hydrogen (secondary N) is 1. The largest absolute Gasteiger partial charge is 0.497 e. The van der Waals surface area contributed by atoms with Gasteiger partial charge in [-0.15, -0.1) is 0 Å². The average Bonchev–Trinajstić information content (AvgIpc) is 2.95. The van der Waals surface area contributed by atoms with Gasteiger partial charge >= 0.3 is 0 Å². The lowest BCUT2D eigenvalue weighted by Gasteiger charge is -2.16. The number of benzene rings is 2. The van der Waals surface area contributed by atoms with Gasteiger partial charge in [-0.2, -0.15) is 5.01 Å². The van der Waals surface area contributed by atoms with Crippen LogP contribution in [0.4, 0.5) is 0 Å². The molecule has 1 saturated heterocycles. The number of nitrogens with zero attached hydrogens (tertiary/aromatic N) is 1. The maximum absolute atomic E-state index is 12.6. The Morgan fingerprint density at radius 2 is 1.81 bits per heavy atom. The van der Waals surface area contributed by atoms with Crippen molar-refractivity contribution in [1.29, 1.82) is 0 Å². The van der Waals surface area contributed by atoms with E-state index in [4.69, 9.17) is 21.7 Å². The van der Waals surface area contributed by atoms with Crippen molar-refractivity contribution >= 4 is 46.2 Å². The smallest absolute Gasteiger partial charge is 0.285 e. The van der Waals surface area contributed by atoms with Gasteiger partial charge in [0.05, 0.1) is 24.7 Å². The third kappa shape index (κ3) is 4.12. The molecule has 3 rings (SSSR count). The topological polar surface area (TPSA) is 67.9 Å². The number of carbonyl (C=O) groups excluding carboxylic acids is 2. The van der Waals surface area contributed by atoms with E-state index in [1.807, 2.05) is 12.1 Å². The number of hydrazine groups is 1. The third-order valence-corrected chi connectivity index (χ3v) is 5.07. The number of ether oxygens (including phenoxy) is 2. The zero-order valence-corrected chi connectivity index (χ0v) is 16.2. The Morgan fingerprint density at radius 3 is 2.48 bits per heavy atom. The molecule has 0 atom stereocenters. The molecule has 8 heteroatoms. The molecule has 1 aliphatic rings. The molecular formula is C19H16N2O4S2. The average molecular weight is 400 g/mol. The normalized spacial score (nSPS) is 15.2. The monoisotopic (exact) mass is 400 g/mol. The van der Waals surface area contributed by atoms with Crippen LogP contribution in [0.25, 0.3) is 6.08 Å². The number of para-hydroxylation sites is 1. The Bertz CT molecular complexity index is 926. The van der Waals surface area contributed by atoms with Gasteiger partial charge in [-0.05, 0) is 48.1 Å². The predicted octanol–water partition coefficient (Wildman–Crippen LogP) is 3.25. The molecule has 1 fully saturated rings. The summed E-state index contributed by atoms with van der Waals surface area (Å²) in [6.07, 6.45) is 1.72. The van der Waals surface area contributed by atoms with Gasteiger partial charge < -0.3 is 9.47 Å². The standard InChI is InChI=1S/C19H16N2O4S2/c1-24-13-9-7-12(8-10-13)11-16-18(23)21(19(26)27-16)20-17(22)14-5-3-4-6-15(14)25-2/h3-11H,1-2H3,(H,20,22)/b16-11+. The third-order valence-electron chi connectivity index (χ3n) is 3.77. The fraction of sp³-hybridized carbons (Fsp3) is 0.105. The van der Waals surface area contributed by atoms with Crippen molar-refractivity contribution in [2.45, 2.75) is 0 Å². The van der Waals surface area contributed by atoms with Gasteiger partial charge in [0, 0.05) is 0 Å². The first-order valence-corrected chi connectivity index (χ1v) is 9.12. The summed E-state index contributed by atoms with van der Waals surface area (Å²) in [7, 11) is 3.06. The van der Waals surface area contributed by atoms with Gasteiger partial charge in [-0.3, -0.25) is 15.0 Å². The van der Waals surface area contributed by atoms with Crippen molar-refractivity contribution in [1.82, 2.24) is 10.4 Å². The summed E-state index contributed by atoms with van der Waals surface area (Å²) in [5.41, 5.74) is 3.68. The molecule has 6 nitrogen and oxygen atoms in total. The van der Waals surface area contributed by atoms with Crippen molar-refractivity contribution < 1.29 is 19.1 Å².